The fourth-order valence-electron chi connectivity index (χ4n) is 2.33. The van der Waals surface area contributed by atoms with Crippen LogP contribution in [0.5, 0.6) is 0 Å². The number of pyridine rings is 2. The van der Waals surface area contributed by atoms with Gasteiger partial charge in [-0.15, -0.1) is 5.10 Å². The number of para-hydroxylation sites is 1. The lowest BCUT2D eigenvalue weighted by atomic mass is 10.2. The Labute approximate surface area is 123 Å². The Hall–Kier alpha value is -2.27. The molecule has 4 aromatic rings. The molecule has 0 saturated heterocycles. The minimum atomic E-state index is 0.789. The van der Waals surface area contributed by atoms with Crippen molar-refractivity contribution in [3.8, 4) is 11.4 Å². The van der Waals surface area contributed by atoms with Crippen LogP contribution in [0.1, 0.15) is 0 Å². The molecule has 0 amide bonds. The molecule has 20 heavy (non-hydrogen) atoms. The Balaban J connectivity index is 2.05. The highest BCUT2D eigenvalue weighted by molar-refractivity contribution is 9.10. The van der Waals surface area contributed by atoms with Gasteiger partial charge in [-0.2, -0.15) is 0 Å². The summed E-state index contributed by atoms with van der Waals surface area (Å²) >= 11 is 3.39. The highest BCUT2D eigenvalue weighted by atomic mass is 79.9. The van der Waals surface area contributed by atoms with Gasteiger partial charge in [-0.25, -0.2) is 9.50 Å². The summed E-state index contributed by atoms with van der Waals surface area (Å²) in [6.45, 7) is 0. The van der Waals surface area contributed by atoms with Crippen molar-refractivity contribution in [3.63, 3.8) is 0 Å². The van der Waals surface area contributed by atoms with E-state index >= 15 is 0 Å². The van der Waals surface area contributed by atoms with Gasteiger partial charge in [-0.05, 0) is 40.2 Å². The summed E-state index contributed by atoms with van der Waals surface area (Å²) in [5, 5.41) is 9.69. The Morgan fingerprint density at radius 3 is 2.65 bits per heavy atom. The quantitative estimate of drug-likeness (QED) is 0.501. The number of rotatable bonds is 1. The van der Waals surface area contributed by atoms with Crippen LogP contribution in [0.2, 0.25) is 0 Å². The molecule has 0 spiro atoms. The maximum absolute atomic E-state index is 4.45. The first kappa shape index (κ1) is 11.5. The molecule has 5 heteroatoms. The van der Waals surface area contributed by atoms with Crippen molar-refractivity contribution in [1.29, 1.82) is 0 Å². The maximum Gasteiger partial charge on any atom is 0.139 e. The van der Waals surface area contributed by atoms with Gasteiger partial charge in [0.15, 0.2) is 0 Å². The van der Waals surface area contributed by atoms with Crippen molar-refractivity contribution >= 4 is 32.3 Å². The first-order chi connectivity index (χ1) is 9.83. The Kier molecular flexibility index (Phi) is 2.53. The van der Waals surface area contributed by atoms with Gasteiger partial charge in [0.05, 0.1) is 16.7 Å². The predicted octanol–water partition coefficient (Wildman–Crippen LogP) is 3.71. The Morgan fingerprint density at radius 2 is 1.75 bits per heavy atom. The molecule has 3 heterocycles. The van der Waals surface area contributed by atoms with Gasteiger partial charge < -0.3 is 0 Å². The van der Waals surface area contributed by atoms with E-state index in [9.17, 15) is 0 Å². The van der Waals surface area contributed by atoms with Crippen LogP contribution in [0, 0.1) is 0 Å². The summed E-state index contributed by atoms with van der Waals surface area (Å²) in [7, 11) is 0. The monoisotopic (exact) mass is 324 g/mol. The van der Waals surface area contributed by atoms with E-state index in [4.69, 9.17) is 0 Å². The minimum Gasteiger partial charge on any atom is -0.239 e. The summed E-state index contributed by atoms with van der Waals surface area (Å²) in [4.78, 5) is 4.45. The van der Waals surface area contributed by atoms with Gasteiger partial charge in [-0.3, -0.25) is 0 Å². The first-order valence-corrected chi connectivity index (χ1v) is 6.98. The van der Waals surface area contributed by atoms with Crippen LogP contribution < -0.4 is 0 Å². The topological polar surface area (TPSA) is 43.1 Å². The second kappa shape index (κ2) is 4.38. The molecule has 3 aromatic heterocycles. The van der Waals surface area contributed by atoms with Crippen molar-refractivity contribution in [3.05, 3.63) is 59.2 Å². The molecular formula is C15H9BrN4. The molecule has 0 saturated carbocycles. The summed E-state index contributed by atoms with van der Waals surface area (Å²) in [5.74, 6) is 0. The highest BCUT2D eigenvalue weighted by Crippen LogP contribution is 2.24. The molecule has 1 aromatic carbocycles. The second-order valence-electron chi connectivity index (χ2n) is 4.47. The molecule has 0 aliphatic carbocycles. The van der Waals surface area contributed by atoms with Crippen molar-refractivity contribution < 1.29 is 0 Å². The average Bonchev–Trinajstić information content (AvgIpc) is 2.91. The summed E-state index contributed by atoms with van der Waals surface area (Å²) in [5.41, 5.74) is 3.59. The molecule has 0 aliphatic heterocycles. The van der Waals surface area contributed by atoms with Gasteiger partial charge in [0.25, 0.3) is 0 Å². The standard InChI is InChI=1S/C15H9BrN4/c16-14-7-3-5-11(17-14)15-13-9-8-10-4-1-2-6-12(10)20(13)19-18-15/h1-9H. The third-order valence-corrected chi connectivity index (χ3v) is 3.69. The summed E-state index contributed by atoms with van der Waals surface area (Å²) in [6.07, 6.45) is 0. The lowest BCUT2D eigenvalue weighted by molar-refractivity contribution is 0.883. The molecular weight excluding hydrogens is 316 g/mol. The van der Waals surface area contributed by atoms with Crippen LogP contribution in [0.3, 0.4) is 0 Å². The number of hydrogen-bond donors (Lipinski definition) is 0. The van der Waals surface area contributed by atoms with Crippen LogP contribution in [0.4, 0.5) is 0 Å². The number of fused-ring (bicyclic) bond motifs is 3. The van der Waals surface area contributed by atoms with Crippen molar-refractivity contribution in [1.82, 2.24) is 19.8 Å². The Bertz CT molecular complexity index is 929. The van der Waals surface area contributed by atoms with Crippen LogP contribution in [-0.2, 0) is 0 Å². The third-order valence-electron chi connectivity index (χ3n) is 3.25. The minimum absolute atomic E-state index is 0.789. The van der Waals surface area contributed by atoms with Gasteiger partial charge in [-0.1, -0.05) is 35.5 Å². The normalized spacial score (nSPS) is 11.2. The van der Waals surface area contributed by atoms with Crippen LogP contribution in [0.15, 0.2) is 59.2 Å². The average molecular weight is 325 g/mol. The van der Waals surface area contributed by atoms with Gasteiger partial charge in [0, 0.05) is 5.39 Å². The van der Waals surface area contributed by atoms with Crippen molar-refractivity contribution in [2.24, 2.45) is 0 Å². The van der Waals surface area contributed by atoms with Crippen molar-refractivity contribution in [2.75, 3.05) is 0 Å². The van der Waals surface area contributed by atoms with E-state index in [1.54, 1.807) is 0 Å². The molecule has 0 aliphatic rings. The van der Waals surface area contributed by atoms with Gasteiger partial charge in [0.2, 0.25) is 0 Å². The van der Waals surface area contributed by atoms with Crippen LogP contribution >= 0.6 is 15.9 Å². The maximum atomic E-state index is 4.45. The molecule has 0 N–H and O–H groups in total. The van der Waals surface area contributed by atoms with Gasteiger partial charge >= 0.3 is 0 Å². The summed E-state index contributed by atoms with van der Waals surface area (Å²) < 4.78 is 2.64. The van der Waals surface area contributed by atoms with E-state index < -0.39 is 0 Å². The number of nitrogens with zero attached hydrogens (tertiary/aromatic N) is 4. The van der Waals surface area contributed by atoms with Gasteiger partial charge in [0.1, 0.15) is 10.3 Å². The molecule has 0 radical (unpaired) electrons. The first-order valence-electron chi connectivity index (χ1n) is 6.19. The van der Waals surface area contributed by atoms with E-state index in [1.807, 2.05) is 47.0 Å². The van der Waals surface area contributed by atoms with Crippen LogP contribution in [-0.4, -0.2) is 19.8 Å². The lowest BCUT2D eigenvalue weighted by Crippen LogP contribution is -1.89. The number of aromatic nitrogens is 4. The van der Waals surface area contributed by atoms with E-state index in [1.165, 1.54) is 0 Å². The molecule has 96 valence electrons. The van der Waals surface area contributed by atoms with E-state index in [0.29, 0.717) is 0 Å². The second-order valence-corrected chi connectivity index (χ2v) is 5.29. The predicted molar refractivity (Wildman–Crippen MR) is 81.4 cm³/mol. The summed E-state index contributed by atoms with van der Waals surface area (Å²) in [6, 6.07) is 18.0. The highest BCUT2D eigenvalue weighted by Gasteiger charge is 2.11. The zero-order chi connectivity index (χ0) is 13.5. The zero-order valence-electron chi connectivity index (χ0n) is 10.4. The molecule has 0 unspecified atom stereocenters. The molecule has 4 nitrogen and oxygen atoms in total. The van der Waals surface area contributed by atoms with Crippen LogP contribution in [0.25, 0.3) is 27.8 Å². The number of benzene rings is 1. The Morgan fingerprint density at radius 1 is 0.850 bits per heavy atom. The third kappa shape index (κ3) is 1.71. The number of hydrogen-bond acceptors (Lipinski definition) is 3. The largest absolute Gasteiger partial charge is 0.239 e. The zero-order valence-corrected chi connectivity index (χ0v) is 11.9. The smallest absolute Gasteiger partial charge is 0.139 e. The van der Waals surface area contributed by atoms with E-state index in [2.05, 4.69) is 43.4 Å². The SMILES string of the molecule is Brc1cccc(-c2nnn3c2ccc2ccccc23)n1. The lowest BCUT2D eigenvalue weighted by Gasteiger charge is -2.01. The van der Waals surface area contributed by atoms with Crippen molar-refractivity contribution in [2.45, 2.75) is 0 Å². The van der Waals surface area contributed by atoms with E-state index in [0.717, 1.165) is 32.4 Å². The molecule has 0 fully saturated rings. The van der Waals surface area contributed by atoms with E-state index in [-0.39, 0.29) is 0 Å². The molecule has 4 rings (SSSR count). The number of halogens is 1. The molecule has 0 atom stereocenters. The molecule has 0 bridgehead atoms. The fourth-order valence-corrected chi connectivity index (χ4v) is 2.67. The fraction of sp³-hybridized carbons (Fsp3) is 0.